The van der Waals surface area contributed by atoms with Gasteiger partial charge in [-0.3, -0.25) is 15.2 Å². The Balaban J connectivity index is 2.25. The zero-order valence-electron chi connectivity index (χ0n) is 11.5. The summed E-state index contributed by atoms with van der Waals surface area (Å²) in [6.07, 6.45) is 0. The first-order chi connectivity index (χ1) is 10.0. The van der Waals surface area contributed by atoms with Gasteiger partial charge in [0.05, 0.1) is 11.5 Å². The van der Waals surface area contributed by atoms with Crippen LogP contribution in [0, 0.1) is 17.0 Å². The maximum Gasteiger partial charge on any atom is 0.360 e. The molecule has 2 aromatic rings. The minimum atomic E-state index is -0.574. The number of nitro groups is 1. The number of nitrogens with zero attached hydrogens (tertiary/aromatic N) is 2. The normalized spacial score (nSPS) is 10.2. The molecule has 1 aromatic carbocycles. The summed E-state index contributed by atoms with van der Waals surface area (Å²) in [5.74, 6) is 0.0213. The molecule has 0 aliphatic heterocycles. The Bertz CT molecular complexity index is 663. The number of carbonyl (C=O) groups is 1. The second-order valence-electron chi connectivity index (χ2n) is 4.09. The number of non-ortho nitro benzene ring substituents is 1. The second kappa shape index (κ2) is 6.04. The molecular formula is C13H13N3O5. The van der Waals surface area contributed by atoms with E-state index < -0.39 is 10.9 Å². The first kappa shape index (κ1) is 14.5. The molecular weight excluding hydrogens is 278 g/mol. The van der Waals surface area contributed by atoms with Gasteiger partial charge < -0.3 is 9.47 Å². The number of hydrogen-bond acceptors (Lipinski definition) is 6. The van der Waals surface area contributed by atoms with Crippen molar-refractivity contribution in [3.63, 3.8) is 0 Å². The number of H-pyrrole nitrogens is 1. The molecule has 110 valence electrons. The number of benzene rings is 1. The van der Waals surface area contributed by atoms with Gasteiger partial charge >= 0.3 is 5.97 Å². The number of aromatic amines is 1. The Morgan fingerprint density at radius 2 is 2.05 bits per heavy atom. The van der Waals surface area contributed by atoms with Crippen LogP contribution in [0.5, 0.6) is 11.5 Å². The summed E-state index contributed by atoms with van der Waals surface area (Å²) in [5.41, 5.74) is 0.543. The van der Waals surface area contributed by atoms with Crippen LogP contribution in [0.2, 0.25) is 0 Å². The van der Waals surface area contributed by atoms with E-state index in [2.05, 4.69) is 10.2 Å². The molecule has 0 aliphatic carbocycles. The van der Waals surface area contributed by atoms with Gasteiger partial charge in [-0.1, -0.05) is 0 Å². The van der Waals surface area contributed by atoms with Gasteiger partial charge in [-0.2, -0.15) is 5.10 Å². The minimum absolute atomic E-state index is 0.0446. The van der Waals surface area contributed by atoms with E-state index in [0.717, 1.165) is 0 Å². The van der Waals surface area contributed by atoms with Gasteiger partial charge in [-0.25, -0.2) is 4.79 Å². The number of nitrogens with one attached hydrogen (secondary N) is 1. The molecule has 0 spiro atoms. The molecule has 0 saturated carbocycles. The van der Waals surface area contributed by atoms with E-state index in [1.54, 1.807) is 13.8 Å². The van der Waals surface area contributed by atoms with E-state index in [9.17, 15) is 14.9 Å². The predicted molar refractivity (Wildman–Crippen MR) is 72.5 cm³/mol. The number of hydrogen-bond donors (Lipinski definition) is 1. The molecule has 0 atom stereocenters. The Hall–Kier alpha value is -2.90. The first-order valence-corrected chi connectivity index (χ1v) is 6.17. The van der Waals surface area contributed by atoms with Gasteiger partial charge in [0.15, 0.2) is 11.4 Å². The lowest BCUT2D eigenvalue weighted by atomic mass is 10.3. The maximum absolute atomic E-state index is 11.7. The molecule has 0 saturated heterocycles. The fraction of sp³-hybridized carbons (Fsp3) is 0.231. The van der Waals surface area contributed by atoms with E-state index in [4.69, 9.17) is 9.47 Å². The Labute approximate surface area is 119 Å². The summed E-state index contributed by atoms with van der Waals surface area (Å²) in [5, 5.41) is 17.0. The molecule has 1 aromatic heterocycles. The van der Waals surface area contributed by atoms with Crippen molar-refractivity contribution >= 4 is 11.7 Å². The fourth-order valence-corrected chi connectivity index (χ4v) is 1.64. The van der Waals surface area contributed by atoms with E-state index >= 15 is 0 Å². The largest absolute Gasteiger partial charge is 0.461 e. The molecule has 1 heterocycles. The summed E-state index contributed by atoms with van der Waals surface area (Å²) >= 11 is 0. The van der Waals surface area contributed by atoms with E-state index in [-0.39, 0.29) is 23.7 Å². The maximum atomic E-state index is 11.7. The van der Waals surface area contributed by atoms with Gasteiger partial charge in [-0.15, -0.1) is 0 Å². The third-order valence-corrected chi connectivity index (χ3v) is 2.64. The van der Waals surface area contributed by atoms with Crippen LogP contribution >= 0.6 is 0 Å². The van der Waals surface area contributed by atoms with E-state index in [1.807, 2.05) is 0 Å². The Morgan fingerprint density at radius 1 is 1.38 bits per heavy atom. The van der Waals surface area contributed by atoms with Crippen molar-refractivity contribution in [1.82, 2.24) is 10.2 Å². The van der Waals surface area contributed by atoms with Gasteiger partial charge in [0.25, 0.3) is 5.69 Å². The Kier molecular flexibility index (Phi) is 4.17. The number of esters is 1. The molecule has 8 nitrogen and oxygen atoms in total. The van der Waals surface area contributed by atoms with Crippen LogP contribution in [0.1, 0.15) is 23.1 Å². The predicted octanol–water partition coefficient (Wildman–Crippen LogP) is 2.60. The number of ether oxygens (including phenoxy) is 2. The van der Waals surface area contributed by atoms with E-state index in [1.165, 1.54) is 24.3 Å². The highest BCUT2D eigenvalue weighted by Gasteiger charge is 2.20. The standard InChI is InChI=1S/C13H13N3O5/c1-3-20-13(17)11-12(8(2)14-15-11)21-10-6-4-9(5-7-10)16(18)19/h4-7H,3H2,1-2H3,(H,14,15). The van der Waals surface area contributed by atoms with Crippen LogP contribution in [-0.2, 0) is 4.74 Å². The van der Waals surface area contributed by atoms with Crippen LogP contribution < -0.4 is 4.74 Å². The van der Waals surface area contributed by atoms with Crippen LogP contribution in [0.15, 0.2) is 24.3 Å². The van der Waals surface area contributed by atoms with Crippen LogP contribution in [0.3, 0.4) is 0 Å². The van der Waals surface area contributed by atoms with Crippen molar-refractivity contribution in [2.24, 2.45) is 0 Å². The molecule has 1 N–H and O–H groups in total. The fourth-order valence-electron chi connectivity index (χ4n) is 1.64. The highest BCUT2D eigenvalue weighted by atomic mass is 16.6. The van der Waals surface area contributed by atoms with Crippen LogP contribution in [0.4, 0.5) is 5.69 Å². The summed E-state index contributed by atoms with van der Waals surface area (Å²) in [7, 11) is 0. The quantitative estimate of drug-likeness (QED) is 0.515. The molecule has 0 unspecified atom stereocenters. The van der Waals surface area contributed by atoms with Crippen LogP contribution in [-0.4, -0.2) is 27.7 Å². The van der Waals surface area contributed by atoms with Crippen LogP contribution in [0.25, 0.3) is 0 Å². The van der Waals surface area contributed by atoms with Gasteiger partial charge in [-0.05, 0) is 26.0 Å². The Morgan fingerprint density at radius 3 is 2.62 bits per heavy atom. The number of nitro benzene ring substituents is 1. The van der Waals surface area contributed by atoms with E-state index in [0.29, 0.717) is 11.4 Å². The van der Waals surface area contributed by atoms with Crippen molar-refractivity contribution in [2.45, 2.75) is 13.8 Å². The van der Waals surface area contributed by atoms with Gasteiger partial charge in [0, 0.05) is 12.1 Å². The molecule has 0 aliphatic rings. The van der Waals surface area contributed by atoms with Crippen molar-refractivity contribution in [1.29, 1.82) is 0 Å². The topological polar surface area (TPSA) is 107 Å². The van der Waals surface area contributed by atoms with Gasteiger partial charge in [0.2, 0.25) is 0 Å². The minimum Gasteiger partial charge on any atom is -0.461 e. The van der Waals surface area contributed by atoms with Crippen molar-refractivity contribution in [3.8, 4) is 11.5 Å². The second-order valence-corrected chi connectivity index (χ2v) is 4.09. The molecule has 21 heavy (non-hydrogen) atoms. The van der Waals surface area contributed by atoms with Crippen molar-refractivity contribution in [3.05, 3.63) is 45.8 Å². The lowest BCUT2D eigenvalue weighted by Crippen LogP contribution is -2.06. The molecule has 0 amide bonds. The zero-order chi connectivity index (χ0) is 15.4. The van der Waals surface area contributed by atoms with Crippen molar-refractivity contribution < 1.29 is 19.2 Å². The third-order valence-electron chi connectivity index (χ3n) is 2.64. The van der Waals surface area contributed by atoms with Crippen molar-refractivity contribution in [2.75, 3.05) is 6.61 Å². The number of aryl methyl sites for hydroxylation is 1. The molecule has 8 heteroatoms. The highest BCUT2D eigenvalue weighted by Crippen LogP contribution is 2.28. The summed E-state index contributed by atoms with van der Waals surface area (Å²) in [6.45, 7) is 3.59. The zero-order valence-corrected chi connectivity index (χ0v) is 11.5. The average Bonchev–Trinajstić information content (AvgIpc) is 2.81. The lowest BCUT2D eigenvalue weighted by molar-refractivity contribution is -0.384. The molecule has 0 radical (unpaired) electrons. The lowest BCUT2D eigenvalue weighted by Gasteiger charge is -2.06. The summed E-state index contributed by atoms with van der Waals surface area (Å²) < 4.78 is 10.5. The average molecular weight is 291 g/mol. The molecule has 0 fully saturated rings. The van der Waals surface area contributed by atoms with Gasteiger partial charge in [0.1, 0.15) is 11.4 Å². The number of aromatic nitrogens is 2. The monoisotopic (exact) mass is 291 g/mol. The SMILES string of the molecule is CCOC(=O)c1[nH]nc(C)c1Oc1ccc([N+](=O)[O-])cc1. The molecule has 2 rings (SSSR count). The summed E-state index contributed by atoms with van der Waals surface area (Å²) in [6, 6.07) is 5.52. The number of carbonyl (C=O) groups excluding carboxylic acids is 1. The smallest absolute Gasteiger partial charge is 0.360 e. The molecule has 0 bridgehead atoms. The highest BCUT2D eigenvalue weighted by molar-refractivity contribution is 5.90. The summed E-state index contributed by atoms with van der Waals surface area (Å²) in [4.78, 5) is 21.8. The third kappa shape index (κ3) is 3.16. The first-order valence-electron chi connectivity index (χ1n) is 6.17. The number of rotatable bonds is 5.